The van der Waals surface area contributed by atoms with Crippen molar-refractivity contribution >= 4 is 63.6 Å². The van der Waals surface area contributed by atoms with Gasteiger partial charge < -0.3 is 14.5 Å². The predicted octanol–water partition coefficient (Wildman–Crippen LogP) is 7.42. The number of aromatic nitrogens is 1. The Morgan fingerprint density at radius 3 is 2.66 bits per heavy atom. The summed E-state index contributed by atoms with van der Waals surface area (Å²) in [6.07, 6.45) is 2.94. The summed E-state index contributed by atoms with van der Waals surface area (Å²) in [7, 11) is 1.50. The molecule has 5 nitrogen and oxygen atoms in total. The Labute approximate surface area is 199 Å². The van der Waals surface area contributed by atoms with Crippen LogP contribution in [0.25, 0.3) is 28.6 Å². The highest BCUT2D eigenvalue weighted by Crippen LogP contribution is 2.34. The number of amides is 1. The van der Waals surface area contributed by atoms with E-state index in [0.717, 1.165) is 11.1 Å². The molecule has 8 heteroatoms. The average Bonchev–Trinajstić information content (AvgIpc) is 3.16. The van der Waals surface area contributed by atoms with Gasteiger partial charge in [0.05, 0.1) is 22.7 Å². The van der Waals surface area contributed by atoms with Gasteiger partial charge in [-0.3, -0.25) is 4.79 Å². The van der Waals surface area contributed by atoms with E-state index in [4.69, 9.17) is 44.0 Å². The van der Waals surface area contributed by atoms with E-state index in [-0.39, 0.29) is 5.91 Å². The molecule has 162 valence electrons. The first-order chi connectivity index (χ1) is 15.3. The highest BCUT2D eigenvalue weighted by atomic mass is 35.5. The fourth-order valence-electron chi connectivity index (χ4n) is 3.18. The van der Waals surface area contributed by atoms with Crippen LogP contribution in [-0.4, -0.2) is 18.0 Å². The smallest absolute Gasteiger partial charge is 0.248 e. The van der Waals surface area contributed by atoms with Crippen LogP contribution >= 0.6 is 34.8 Å². The van der Waals surface area contributed by atoms with E-state index in [1.165, 1.54) is 13.2 Å². The Kier molecular flexibility index (Phi) is 6.42. The topological polar surface area (TPSA) is 64.4 Å². The number of hydrogen-bond donors (Lipinski definition) is 1. The second-order valence-corrected chi connectivity index (χ2v) is 8.27. The molecular weight excluding hydrogens is 471 g/mol. The van der Waals surface area contributed by atoms with E-state index in [2.05, 4.69) is 10.3 Å². The molecular formula is C24H17Cl3N2O3. The van der Waals surface area contributed by atoms with Gasteiger partial charge in [-0.2, -0.15) is 0 Å². The van der Waals surface area contributed by atoms with Crippen LogP contribution in [0, 0.1) is 6.92 Å². The van der Waals surface area contributed by atoms with Crippen LogP contribution in [0.3, 0.4) is 0 Å². The number of nitrogens with zero attached hydrogens (tertiary/aromatic N) is 1. The average molecular weight is 488 g/mol. The first kappa shape index (κ1) is 22.2. The Hall–Kier alpha value is -2.99. The monoisotopic (exact) mass is 486 g/mol. The van der Waals surface area contributed by atoms with Crippen LogP contribution in [0.2, 0.25) is 15.1 Å². The summed E-state index contributed by atoms with van der Waals surface area (Å²) in [5.41, 5.74) is 4.16. The van der Waals surface area contributed by atoms with Crippen molar-refractivity contribution in [3.63, 3.8) is 0 Å². The summed E-state index contributed by atoms with van der Waals surface area (Å²) in [4.78, 5) is 17.0. The lowest BCUT2D eigenvalue weighted by atomic mass is 10.1. The number of rotatable bonds is 5. The number of halogens is 3. The third kappa shape index (κ3) is 4.75. The second kappa shape index (κ2) is 9.25. The van der Waals surface area contributed by atoms with Gasteiger partial charge in [-0.05, 0) is 61.0 Å². The molecule has 3 aromatic carbocycles. The van der Waals surface area contributed by atoms with Crippen molar-refractivity contribution in [3.05, 3.63) is 80.8 Å². The first-order valence-corrected chi connectivity index (χ1v) is 10.7. The molecule has 0 aliphatic heterocycles. The van der Waals surface area contributed by atoms with Crippen LogP contribution < -0.4 is 10.1 Å². The number of fused-ring (bicyclic) bond motifs is 1. The summed E-state index contributed by atoms with van der Waals surface area (Å²) >= 11 is 18.6. The molecule has 0 saturated heterocycles. The van der Waals surface area contributed by atoms with Crippen molar-refractivity contribution < 1.29 is 13.9 Å². The highest BCUT2D eigenvalue weighted by Gasteiger charge is 2.14. The molecule has 1 heterocycles. The zero-order valence-corrected chi connectivity index (χ0v) is 19.3. The van der Waals surface area contributed by atoms with Gasteiger partial charge in [0.2, 0.25) is 11.8 Å². The molecule has 0 radical (unpaired) electrons. The molecule has 1 amide bonds. The minimum Gasteiger partial charge on any atom is -0.495 e. The first-order valence-electron chi connectivity index (χ1n) is 9.53. The molecule has 0 bridgehead atoms. The van der Waals surface area contributed by atoms with E-state index in [1.54, 1.807) is 36.4 Å². The molecule has 4 aromatic rings. The van der Waals surface area contributed by atoms with E-state index in [1.807, 2.05) is 25.1 Å². The molecule has 0 unspecified atom stereocenters. The lowest BCUT2D eigenvalue weighted by Crippen LogP contribution is -2.07. The van der Waals surface area contributed by atoms with Gasteiger partial charge in [-0.1, -0.05) is 40.9 Å². The van der Waals surface area contributed by atoms with Crippen LogP contribution in [0.15, 0.2) is 59.0 Å². The summed E-state index contributed by atoms with van der Waals surface area (Å²) in [6.45, 7) is 1.98. The third-order valence-electron chi connectivity index (χ3n) is 4.66. The summed E-state index contributed by atoms with van der Waals surface area (Å²) in [6, 6.07) is 14.1. The van der Waals surface area contributed by atoms with Crippen LogP contribution in [-0.2, 0) is 4.79 Å². The maximum Gasteiger partial charge on any atom is 0.248 e. The van der Waals surface area contributed by atoms with Crippen LogP contribution in [0.1, 0.15) is 11.1 Å². The van der Waals surface area contributed by atoms with Crippen molar-refractivity contribution in [1.29, 1.82) is 0 Å². The SMILES string of the molecule is COc1c(Cl)cc(Cl)cc1C=CC(=O)Nc1ccc(Cl)c(-c2nc3ccc(C)cc3o2)c1. The molecule has 0 atom stereocenters. The van der Waals surface area contributed by atoms with Crippen molar-refractivity contribution in [1.82, 2.24) is 4.98 Å². The van der Waals surface area contributed by atoms with Crippen molar-refractivity contribution in [2.45, 2.75) is 6.92 Å². The predicted molar refractivity (Wildman–Crippen MR) is 130 cm³/mol. The quantitative estimate of drug-likeness (QED) is 0.297. The minimum atomic E-state index is -0.357. The molecule has 4 rings (SSSR count). The Balaban J connectivity index is 1.57. The van der Waals surface area contributed by atoms with Gasteiger partial charge in [-0.15, -0.1) is 0 Å². The van der Waals surface area contributed by atoms with Gasteiger partial charge in [0, 0.05) is 22.3 Å². The molecule has 0 aliphatic rings. The molecule has 1 N–H and O–H groups in total. The Bertz CT molecular complexity index is 1360. The Morgan fingerprint density at radius 1 is 1.06 bits per heavy atom. The molecule has 32 heavy (non-hydrogen) atoms. The lowest BCUT2D eigenvalue weighted by Gasteiger charge is -2.08. The van der Waals surface area contributed by atoms with E-state index >= 15 is 0 Å². The van der Waals surface area contributed by atoms with E-state index in [0.29, 0.717) is 49.1 Å². The van der Waals surface area contributed by atoms with Crippen LogP contribution in [0.5, 0.6) is 5.75 Å². The minimum absolute atomic E-state index is 0.357. The summed E-state index contributed by atoms with van der Waals surface area (Å²) in [5.74, 6) is 0.449. The number of anilines is 1. The number of hydrogen-bond acceptors (Lipinski definition) is 4. The van der Waals surface area contributed by atoms with Crippen molar-refractivity contribution in [2.24, 2.45) is 0 Å². The van der Waals surface area contributed by atoms with E-state index in [9.17, 15) is 4.79 Å². The standard InChI is InChI=1S/C24H17Cl3N2O3/c1-13-3-7-20-21(9-13)32-24(29-20)17-12-16(5-6-18(17)26)28-22(30)8-4-14-10-15(25)11-19(27)23(14)31-2/h3-12H,1-2H3,(H,28,30). The maximum absolute atomic E-state index is 12.5. The van der Waals surface area contributed by atoms with Crippen molar-refractivity contribution in [3.8, 4) is 17.2 Å². The van der Waals surface area contributed by atoms with Crippen molar-refractivity contribution in [2.75, 3.05) is 12.4 Å². The van der Waals surface area contributed by atoms with Gasteiger partial charge in [0.1, 0.15) is 11.3 Å². The number of benzene rings is 3. The molecule has 0 fully saturated rings. The number of ether oxygens (including phenoxy) is 1. The molecule has 0 spiro atoms. The van der Waals surface area contributed by atoms with Gasteiger partial charge in [-0.25, -0.2) is 4.98 Å². The number of carbonyl (C=O) groups excluding carboxylic acids is 1. The molecule has 0 saturated carbocycles. The number of methoxy groups -OCH3 is 1. The van der Waals surface area contributed by atoms with E-state index < -0.39 is 0 Å². The van der Waals surface area contributed by atoms with Gasteiger partial charge in [0.25, 0.3) is 0 Å². The number of nitrogens with one attached hydrogen (secondary N) is 1. The largest absolute Gasteiger partial charge is 0.495 e. The lowest BCUT2D eigenvalue weighted by molar-refractivity contribution is -0.111. The summed E-state index contributed by atoms with van der Waals surface area (Å²) in [5, 5.41) is 4.05. The molecule has 0 aliphatic carbocycles. The zero-order valence-electron chi connectivity index (χ0n) is 17.1. The number of aryl methyl sites for hydroxylation is 1. The van der Waals surface area contributed by atoms with Crippen LogP contribution in [0.4, 0.5) is 5.69 Å². The zero-order chi connectivity index (χ0) is 22.8. The fraction of sp³-hybridized carbons (Fsp3) is 0.0833. The highest BCUT2D eigenvalue weighted by molar-refractivity contribution is 6.36. The fourth-order valence-corrected chi connectivity index (χ4v) is 3.97. The number of oxazole rings is 1. The molecule has 1 aromatic heterocycles. The third-order valence-corrected chi connectivity index (χ3v) is 5.49. The van der Waals surface area contributed by atoms with Gasteiger partial charge >= 0.3 is 0 Å². The maximum atomic E-state index is 12.5. The summed E-state index contributed by atoms with van der Waals surface area (Å²) < 4.78 is 11.2. The Morgan fingerprint density at radius 2 is 1.88 bits per heavy atom. The second-order valence-electron chi connectivity index (χ2n) is 7.02. The van der Waals surface area contributed by atoms with Gasteiger partial charge in [0.15, 0.2) is 5.58 Å². The normalized spacial score (nSPS) is 11.3. The number of carbonyl (C=O) groups is 1.